The summed E-state index contributed by atoms with van der Waals surface area (Å²) in [6.45, 7) is 2.14. The van der Waals surface area contributed by atoms with Gasteiger partial charge in [0, 0.05) is 17.0 Å². The summed E-state index contributed by atoms with van der Waals surface area (Å²) in [4.78, 5) is 4.63. The molecule has 0 aliphatic heterocycles. The Morgan fingerprint density at radius 3 is 2.45 bits per heavy atom. The topological polar surface area (TPSA) is 26.0 Å². The summed E-state index contributed by atoms with van der Waals surface area (Å²) < 4.78 is 5.99. The van der Waals surface area contributed by atoms with Crippen LogP contribution in [0.1, 0.15) is 5.56 Å². The van der Waals surface area contributed by atoms with Crippen LogP contribution in [0.3, 0.4) is 0 Å². The minimum absolute atomic E-state index is 0.923. The van der Waals surface area contributed by atoms with Crippen molar-refractivity contribution in [1.82, 2.24) is 4.98 Å². The van der Waals surface area contributed by atoms with Gasteiger partial charge in [0.2, 0.25) is 0 Å². The lowest BCUT2D eigenvalue weighted by molar-refractivity contribution is 0.669. The van der Waals surface area contributed by atoms with E-state index < -0.39 is 0 Å². The Morgan fingerprint density at radius 1 is 0.800 bits per heavy atom. The number of nitrogens with zero attached hydrogens (tertiary/aromatic N) is 1. The van der Waals surface area contributed by atoms with Crippen molar-refractivity contribution >= 4 is 43.6 Å². The smallest absolute Gasteiger partial charge is 0.139 e. The molecule has 0 fully saturated rings. The van der Waals surface area contributed by atoms with E-state index in [-0.39, 0.29) is 0 Å². The first kappa shape index (κ1) is 10.2. The van der Waals surface area contributed by atoms with Gasteiger partial charge >= 0.3 is 0 Å². The van der Waals surface area contributed by atoms with Crippen molar-refractivity contribution in [1.29, 1.82) is 0 Å². The zero-order valence-corrected chi connectivity index (χ0v) is 11.0. The molecule has 5 rings (SSSR count). The predicted octanol–water partition coefficient (Wildman–Crippen LogP) is 5.03. The van der Waals surface area contributed by atoms with E-state index in [2.05, 4.69) is 42.2 Å². The Bertz CT molecular complexity index is 1100. The summed E-state index contributed by atoms with van der Waals surface area (Å²) >= 11 is 0. The second-order valence-corrected chi connectivity index (χ2v) is 5.31. The Labute approximate surface area is 115 Å². The van der Waals surface area contributed by atoms with E-state index in [0.29, 0.717) is 0 Å². The van der Waals surface area contributed by atoms with E-state index in [4.69, 9.17) is 4.42 Å². The van der Waals surface area contributed by atoms with Gasteiger partial charge in [0.25, 0.3) is 0 Å². The number of furan rings is 1. The molecule has 94 valence electrons. The summed E-state index contributed by atoms with van der Waals surface area (Å²) in [5.74, 6) is 0. The molecule has 0 saturated heterocycles. The van der Waals surface area contributed by atoms with E-state index in [9.17, 15) is 0 Å². The fourth-order valence-corrected chi connectivity index (χ4v) is 3.38. The highest BCUT2D eigenvalue weighted by atomic mass is 16.3. The standard InChI is InChI=1S/C18H11NO/c1-10-4-2-5-11-12-6-3-7-13-16(12)17-14(20-13)8-9-19-18(17)15(10)11/h2-9H,1H3. The fraction of sp³-hybridized carbons (Fsp3) is 0.0556. The lowest BCUT2D eigenvalue weighted by atomic mass is 9.95. The van der Waals surface area contributed by atoms with Crippen LogP contribution in [0.15, 0.2) is 53.1 Å². The number of aromatic nitrogens is 1. The lowest BCUT2D eigenvalue weighted by Crippen LogP contribution is -1.86. The fourth-order valence-electron chi connectivity index (χ4n) is 3.38. The molecule has 0 bridgehead atoms. The highest BCUT2D eigenvalue weighted by molar-refractivity contribution is 6.32. The van der Waals surface area contributed by atoms with Crippen molar-refractivity contribution < 1.29 is 4.42 Å². The van der Waals surface area contributed by atoms with Crippen LogP contribution in [0.5, 0.6) is 0 Å². The highest BCUT2D eigenvalue weighted by Gasteiger charge is 2.17. The molecule has 2 aromatic heterocycles. The maximum atomic E-state index is 5.99. The number of pyridine rings is 1. The first-order valence-electron chi connectivity index (χ1n) is 6.75. The van der Waals surface area contributed by atoms with E-state index in [0.717, 1.165) is 22.1 Å². The molecule has 3 aromatic carbocycles. The molecule has 2 heteroatoms. The second-order valence-electron chi connectivity index (χ2n) is 5.31. The van der Waals surface area contributed by atoms with Gasteiger partial charge in [0.05, 0.1) is 10.9 Å². The van der Waals surface area contributed by atoms with Gasteiger partial charge in [0.1, 0.15) is 11.2 Å². The number of rotatable bonds is 0. The molecule has 2 heterocycles. The average Bonchev–Trinajstić information content (AvgIpc) is 2.85. The summed E-state index contributed by atoms with van der Waals surface area (Å²) in [6, 6.07) is 14.6. The normalized spacial score (nSPS) is 12.2. The first-order chi connectivity index (χ1) is 9.84. The molecule has 0 aliphatic carbocycles. The van der Waals surface area contributed by atoms with Crippen LogP contribution < -0.4 is 0 Å². The highest BCUT2D eigenvalue weighted by Crippen LogP contribution is 2.41. The molecule has 0 amide bonds. The molecule has 0 unspecified atom stereocenters. The van der Waals surface area contributed by atoms with E-state index in [1.165, 1.54) is 27.1 Å². The van der Waals surface area contributed by atoms with Gasteiger partial charge in [-0.3, -0.25) is 4.98 Å². The van der Waals surface area contributed by atoms with Crippen molar-refractivity contribution in [2.45, 2.75) is 6.92 Å². The number of hydrogen-bond acceptors (Lipinski definition) is 2. The van der Waals surface area contributed by atoms with Crippen LogP contribution in [-0.2, 0) is 0 Å². The maximum Gasteiger partial charge on any atom is 0.139 e. The van der Waals surface area contributed by atoms with Gasteiger partial charge in [-0.1, -0.05) is 30.3 Å². The predicted molar refractivity (Wildman–Crippen MR) is 82.5 cm³/mol. The zero-order valence-electron chi connectivity index (χ0n) is 11.0. The molecule has 0 N–H and O–H groups in total. The van der Waals surface area contributed by atoms with Crippen molar-refractivity contribution in [2.75, 3.05) is 0 Å². The third kappa shape index (κ3) is 1.04. The number of fused-ring (bicyclic) bond motifs is 3. The molecular weight excluding hydrogens is 246 g/mol. The third-order valence-electron chi connectivity index (χ3n) is 4.21. The van der Waals surface area contributed by atoms with E-state index >= 15 is 0 Å². The zero-order chi connectivity index (χ0) is 13.3. The van der Waals surface area contributed by atoms with E-state index in [1.807, 2.05) is 18.3 Å². The second kappa shape index (κ2) is 3.28. The average molecular weight is 257 g/mol. The van der Waals surface area contributed by atoms with Crippen LogP contribution in [-0.4, -0.2) is 4.98 Å². The van der Waals surface area contributed by atoms with Crippen molar-refractivity contribution in [3.8, 4) is 0 Å². The third-order valence-corrected chi connectivity index (χ3v) is 4.21. The first-order valence-corrected chi connectivity index (χ1v) is 6.75. The maximum absolute atomic E-state index is 5.99. The number of benzene rings is 3. The van der Waals surface area contributed by atoms with Crippen molar-refractivity contribution in [2.24, 2.45) is 0 Å². The largest absolute Gasteiger partial charge is 0.456 e. The van der Waals surface area contributed by atoms with Crippen molar-refractivity contribution in [3.05, 3.63) is 54.2 Å². The van der Waals surface area contributed by atoms with Crippen LogP contribution in [0.4, 0.5) is 0 Å². The van der Waals surface area contributed by atoms with Gasteiger partial charge in [-0.25, -0.2) is 0 Å². The molecule has 2 nitrogen and oxygen atoms in total. The molecule has 0 saturated carbocycles. The molecule has 0 atom stereocenters. The summed E-state index contributed by atoms with van der Waals surface area (Å²) in [6.07, 6.45) is 1.83. The summed E-state index contributed by atoms with van der Waals surface area (Å²) in [5, 5.41) is 6.09. The molecule has 0 radical (unpaired) electrons. The van der Waals surface area contributed by atoms with Crippen LogP contribution in [0, 0.1) is 6.92 Å². The monoisotopic (exact) mass is 257 g/mol. The SMILES string of the molecule is Cc1cccc2c3cccc4oc5ccnc(c12)c5c43. The van der Waals surface area contributed by atoms with Crippen LogP contribution >= 0.6 is 0 Å². The Hall–Kier alpha value is -2.61. The summed E-state index contributed by atoms with van der Waals surface area (Å²) in [7, 11) is 0. The molecule has 0 spiro atoms. The molecule has 20 heavy (non-hydrogen) atoms. The Balaban J connectivity index is 2.34. The van der Waals surface area contributed by atoms with Gasteiger partial charge < -0.3 is 4.42 Å². The minimum Gasteiger partial charge on any atom is -0.456 e. The lowest BCUT2D eigenvalue weighted by Gasteiger charge is -2.09. The molecular formula is C18H11NO. The quantitative estimate of drug-likeness (QED) is 0.363. The summed E-state index contributed by atoms with van der Waals surface area (Å²) in [5.41, 5.74) is 4.17. The molecule has 0 aliphatic rings. The van der Waals surface area contributed by atoms with Crippen LogP contribution in [0.25, 0.3) is 43.6 Å². The molecule has 5 aromatic rings. The van der Waals surface area contributed by atoms with Gasteiger partial charge in [-0.2, -0.15) is 0 Å². The number of aryl methyl sites for hydroxylation is 1. The van der Waals surface area contributed by atoms with E-state index in [1.54, 1.807) is 0 Å². The Morgan fingerprint density at radius 2 is 1.55 bits per heavy atom. The minimum atomic E-state index is 0.923. The van der Waals surface area contributed by atoms with Gasteiger partial charge in [-0.05, 0) is 35.4 Å². The Kier molecular flexibility index (Phi) is 1.68. The van der Waals surface area contributed by atoms with Crippen LogP contribution in [0.2, 0.25) is 0 Å². The van der Waals surface area contributed by atoms with Gasteiger partial charge in [-0.15, -0.1) is 0 Å². The number of hydrogen-bond donors (Lipinski definition) is 0. The van der Waals surface area contributed by atoms with Gasteiger partial charge in [0.15, 0.2) is 0 Å². The van der Waals surface area contributed by atoms with Crippen molar-refractivity contribution in [3.63, 3.8) is 0 Å².